The topological polar surface area (TPSA) is 0 Å². The highest BCUT2D eigenvalue weighted by Crippen LogP contribution is 2.55. The Bertz CT molecular complexity index is 1870. The molecule has 4 heteroatoms. The normalized spacial score (nSPS) is 12.2. The van der Waals surface area contributed by atoms with Crippen LogP contribution in [0.2, 0.25) is 0 Å². The predicted molar refractivity (Wildman–Crippen MR) is 190 cm³/mol. The van der Waals surface area contributed by atoms with E-state index in [0.717, 1.165) is 33.6 Å². The Morgan fingerprint density at radius 3 is 1.52 bits per heavy atom. The smallest absolute Gasteiger partial charge is 0.123 e. The van der Waals surface area contributed by atoms with Crippen molar-refractivity contribution in [3.63, 3.8) is 0 Å². The van der Waals surface area contributed by atoms with Crippen molar-refractivity contribution in [3.8, 4) is 11.1 Å². The summed E-state index contributed by atoms with van der Waals surface area (Å²) in [7, 11) is 2.82. The van der Waals surface area contributed by atoms with Crippen LogP contribution in [-0.2, 0) is 11.3 Å². The second kappa shape index (κ2) is 12.5. The average molecular weight is 619 g/mol. The van der Waals surface area contributed by atoms with Crippen molar-refractivity contribution >= 4 is 38.7 Å². The van der Waals surface area contributed by atoms with Crippen molar-refractivity contribution < 1.29 is 8.78 Å². The Labute approximate surface area is 263 Å². The zero-order valence-corrected chi connectivity index (χ0v) is 27.7. The molecule has 0 aromatic heterocycles. The zero-order chi connectivity index (χ0) is 31.0. The molecule has 0 aliphatic rings. The summed E-state index contributed by atoms with van der Waals surface area (Å²) in [5, 5.41) is 3.95. The molecule has 222 valence electrons. The van der Waals surface area contributed by atoms with Gasteiger partial charge in [-0.2, -0.15) is 0 Å². The van der Waals surface area contributed by atoms with Crippen molar-refractivity contribution in [3.05, 3.63) is 155 Å². The fraction of sp³-hybridized carbons (Fsp3) is 0.200. The van der Waals surface area contributed by atoms with E-state index in [1.165, 1.54) is 51.7 Å². The first-order chi connectivity index (χ1) is 21.2. The van der Waals surface area contributed by atoms with Crippen molar-refractivity contribution in [2.24, 2.45) is 0 Å². The molecule has 0 spiro atoms. The molecular weight excluding hydrogens is 580 g/mol. The SMILES string of the molecule is CC(C)P(Cc1ccc2ccccc2c1-c1c(C(P)(c2ccc(F)cc2)c2ccc(F)cc2)ccc2ccccc12)C(C)C. The standard InChI is InChI=1S/C40H38F2P2/c1-26(2)44(27(3)4)25-30-14-13-28-9-5-7-11-35(28)38(30)39-36-12-8-6-10-29(36)15-24-37(39)40(43,31-16-20-33(41)21-17-31)32-18-22-34(42)23-19-32/h5-24,26-27H,25,43H2,1-4H3. The van der Waals surface area contributed by atoms with E-state index in [2.05, 4.69) is 110 Å². The van der Waals surface area contributed by atoms with Gasteiger partial charge in [-0.3, -0.25) is 0 Å². The summed E-state index contributed by atoms with van der Waals surface area (Å²) in [5.41, 5.74) is 7.86. The first-order valence-electron chi connectivity index (χ1n) is 15.3. The minimum Gasteiger partial charge on any atom is -0.207 e. The van der Waals surface area contributed by atoms with E-state index in [0.29, 0.717) is 11.3 Å². The number of hydrogen-bond donors (Lipinski definition) is 0. The Kier molecular flexibility index (Phi) is 8.70. The Morgan fingerprint density at radius 2 is 1.02 bits per heavy atom. The second-order valence-corrected chi connectivity index (χ2v) is 16.5. The summed E-state index contributed by atoms with van der Waals surface area (Å²) in [6.07, 6.45) is 1.02. The zero-order valence-electron chi connectivity index (χ0n) is 25.7. The predicted octanol–water partition coefficient (Wildman–Crippen LogP) is 11.9. The summed E-state index contributed by atoms with van der Waals surface area (Å²) >= 11 is 0. The van der Waals surface area contributed by atoms with E-state index in [1.807, 2.05) is 24.3 Å². The fourth-order valence-electron chi connectivity index (χ4n) is 6.67. The minimum absolute atomic E-state index is 0.281. The summed E-state index contributed by atoms with van der Waals surface area (Å²) in [6.45, 7) is 9.41. The molecule has 0 nitrogen and oxygen atoms in total. The number of hydrogen-bond acceptors (Lipinski definition) is 0. The third-order valence-corrected chi connectivity index (χ3v) is 13.2. The third kappa shape index (κ3) is 5.60. The molecule has 0 N–H and O–H groups in total. The number of halogens is 2. The quantitative estimate of drug-likeness (QED) is 0.118. The molecule has 6 aromatic carbocycles. The molecule has 0 saturated carbocycles. The van der Waals surface area contributed by atoms with Crippen LogP contribution >= 0.6 is 17.2 Å². The highest BCUT2D eigenvalue weighted by molar-refractivity contribution is 7.58. The van der Waals surface area contributed by atoms with Crippen LogP contribution in [0.4, 0.5) is 8.78 Å². The van der Waals surface area contributed by atoms with Gasteiger partial charge in [-0.1, -0.05) is 133 Å². The van der Waals surface area contributed by atoms with Gasteiger partial charge in [0.15, 0.2) is 0 Å². The second-order valence-electron chi connectivity index (χ2n) is 12.2. The lowest BCUT2D eigenvalue weighted by Gasteiger charge is -2.35. The maximum atomic E-state index is 14.3. The maximum Gasteiger partial charge on any atom is 0.123 e. The van der Waals surface area contributed by atoms with Crippen LogP contribution in [0.15, 0.2) is 121 Å². The van der Waals surface area contributed by atoms with Crippen molar-refractivity contribution in [2.75, 3.05) is 0 Å². The van der Waals surface area contributed by atoms with Crippen LogP contribution in [0.25, 0.3) is 32.7 Å². The van der Waals surface area contributed by atoms with Crippen LogP contribution in [0.5, 0.6) is 0 Å². The van der Waals surface area contributed by atoms with Crippen molar-refractivity contribution in [1.82, 2.24) is 0 Å². The van der Waals surface area contributed by atoms with Crippen LogP contribution in [0.1, 0.15) is 49.9 Å². The Hall–Kier alpha value is -3.44. The average Bonchev–Trinajstić information content (AvgIpc) is 3.03. The van der Waals surface area contributed by atoms with E-state index < -0.39 is 5.16 Å². The Morgan fingerprint density at radius 1 is 0.568 bits per heavy atom. The van der Waals surface area contributed by atoms with Crippen LogP contribution in [0, 0.1) is 11.6 Å². The molecule has 0 bridgehead atoms. The largest absolute Gasteiger partial charge is 0.207 e. The van der Waals surface area contributed by atoms with E-state index in [-0.39, 0.29) is 19.6 Å². The van der Waals surface area contributed by atoms with Crippen LogP contribution < -0.4 is 0 Å². The van der Waals surface area contributed by atoms with Gasteiger partial charge in [-0.25, -0.2) is 8.78 Å². The van der Waals surface area contributed by atoms with E-state index >= 15 is 0 Å². The molecular formula is C40H38F2P2. The van der Waals surface area contributed by atoms with E-state index in [9.17, 15) is 8.78 Å². The molecule has 6 rings (SSSR count). The van der Waals surface area contributed by atoms with Gasteiger partial charge in [0, 0.05) is 0 Å². The van der Waals surface area contributed by atoms with Gasteiger partial charge in [0.05, 0.1) is 5.16 Å². The van der Waals surface area contributed by atoms with Gasteiger partial charge in [0.25, 0.3) is 0 Å². The summed E-state index contributed by atoms with van der Waals surface area (Å²) in [5.74, 6) is -0.572. The van der Waals surface area contributed by atoms with Gasteiger partial charge in [-0.15, -0.1) is 9.24 Å². The molecule has 0 saturated heterocycles. The lowest BCUT2D eigenvalue weighted by atomic mass is 9.77. The lowest BCUT2D eigenvalue weighted by molar-refractivity contribution is 0.625. The summed E-state index contributed by atoms with van der Waals surface area (Å²) in [6, 6.07) is 39.7. The molecule has 0 radical (unpaired) electrons. The minimum atomic E-state index is -0.782. The molecule has 1 atom stereocenters. The maximum absolute atomic E-state index is 14.3. The molecule has 6 aromatic rings. The van der Waals surface area contributed by atoms with Crippen LogP contribution in [0.3, 0.4) is 0 Å². The number of fused-ring (bicyclic) bond motifs is 2. The van der Waals surface area contributed by atoms with Crippen molar-refractivity contribution in [1.29, 1.82) is 0 Å². The van der Waals surface area contributed by atoms with Crippen LogP contribution in [-0.4, -0.2) is 11.3 Å². The monoisotopic (exact) mass is 618 g/mol. The van der Waals surface area contributed by atoms with Gasteiger partial charge < -0.3 is 0 Å². The van der Waals surface area contributed by atoms with Crippen molar-refractivity contribution in [2.45, 2.75) is 50.3 Å². The van der Waals surface area contributed by atoms with Gasteiger partial charge in [-0.05, 0) is 96.7 Å². The molecule has 1 unspecified atom stereocenters. The highest BCUT2D eigenvalue weighted by Gasteiger charge is 2.36. The molecule has 0 aliphatic heterocycles. The summed E-state index contributed by atoms with van der Waals surface area (Å²) < 4.78 is 28.6. The van der Waals surface area contributed by atoms with E-state index in [4.69, 9.17) is 0 Å². The number of benzene rings is 6. The van der Waals surface area contributed by atoms with Gasteiger partial charge in [0.2, 0.25) is 0 Å². The molecule has 0 aliphatic carbocycles. The molecule has 44 heavy (non-hydrogen) atoms. The van der Waals surface area contributed by atoms with Gasteiger partial charge in [0.1, 0.15) is 11.6 Å². The molecule has 0 heterocycles. The Balaban J connectivity index is 1.76. The summed E-state index contributed by atoms with van der Waals surface area (Å²) in [4.78, 5) is 0. The molecule has 0 amide bonds. The highest BCUT2D eigenvalue weighted by atomic mass is 31.1. The van der Waals surface area contributed by atoms with E-state index in [1.54, 1.807) is 0 Å². The first kappa shape index (κ1) is 30.6. The lowest BCUT2D eigenvalue weighted by Crippen LogP contribution is -2.23. The first-order valence-corrected chi connectivity index (χ1v) is 17.5. The number of rotatable bonds is 8. The fourth-order valence-corrected chi connectivity index (χ4v) is 9.88. The third-order valence-electron chi connectivity index (χ3n) is 8.90. The molecule has 0 fully saturated rings. The van der Waals surface area contributed by atoms with Gasteiger partial charge >= 0.3 is 0 Å².